The van der Waals surface area contributed by atoms with E-state index in [4.69, 9.17) is 4.42 Å². The lowest BCUT2D eigenvalue weighted by Crippen LogP contribution is -2.12. The van der Waals surface area contributed by atoms with Gasteiger partial charge in [0.1, 0.15) is 11.2 Å². The van der Waals surface area contributed by atoms with E-state index in [-0.39, 0.29) is 0 Å². The molecule has 0 aliphatic rings. The van der Waals surface area contributed by atoms with Crippen molar-refractivity contribution >= 4 is 49.8 Å². The van der Waals surface area contributed by atoms with E-state index in [1.165, 1.54) is 38.6 Å². The summed E-state index contributed by atoms with van der Waals surface area (Å²) in [5.74, 6) is 0. The van der Waals surface area contributed by atoms with Crippen LogP contribution < -0.4 is 4.90 Å². The van der Waals surface area contributed by atoms with Gasteiger partial charge >= 0.3 is 0 Å². The summed E-state index contributed by atoms with van der Waals surface area (Å²) in [5, 5.41) is 4.71. The number of benzene rings is 10. The number of anilines is 3. The Morgan fingerprint density at radius 1 is 0.300 bits per heavy atom. The van der Waals surface area contributed by atoms with Crippen LogP contribution in [0.25, 0.3) is 88.3 Å². The Bertz CT molecular complexity index is 3310. The van der Waals surface area contributed by atoms with E-state index >= 15 is 0 Å². The molecule has 60 heavy (non-hydrogen) atoms. The van der Waals surface area contributed by atoms with Gasteiger partial charge in [0.15, 0.2) is 0 Å². The van der Waals surface area contributed by atoms with Gasteiger partial charge in [-0.1, -0.05) is 194 Å². The summed E-state index contributed by atoms with van der Waals surface area (Å²) in [6, 6.07) is 85.0. The smallest absolute Gasteiger partial charge is 0.143 e. The minimum atomic E-state index is 0.892. The molecule has 10 aromatic carbocycles. The number of rotatable bonds is 8. The minimum Gasteiger partial charge on any atom is -0.455 e. The molecule has 0 aliphatic carbocycles. The molecule has 0 N–H and O–H groups in total. The highest BCUT2D eigenvalue weighted by molar-refractivity contribution is 6.10. The van der Waals surface area contributed by atoms with Gasteiger partial charge in [-0.2, -0.15) is 0 Å². The molecule has 11 rings (SSSR count). The second-order valence-corrected chi connectivity index (χ2v) is 15.3. The fraction of sp³-hybridized carbons (Fsp3) is 0. The van der Waals surface area contributed by atoms with Crippen LogP contribution in [0.4, 0.5) is 17.1 Å². The lowest BCUT2D eigenvalue weighted by Gasteiger charge is -2.30. The number of furan rings is 1. The number of para-hydroxylation sites is 2. The van der Waals surface area contributed by atoms with Crippen LogP contribution >= 0.6 is 0 Å². The average molecular weight is 766 g/mol. The lowest BCUT2D eigenvalue weighted by atomic mass is 9.87. The van der Waals surface area contributed by atoms with Gasteiger partial charge in [0.25, 0.3) is 0 Å². The Hall–Kier alpha value is -7.94. The summed E-state index contributed by atoms with van der Waals surface area (Å²) >= 11 is 0. The van der Waals surface area contributed by atoms with Gasteiger partial charge < -0.3 is 9.32 Å². The van der Waals surface area contributed by atoms with Crippen molar-refractivity contribution in [2.45, 2.75) is 0 Å². The first-order chi connectivity index (χ1) is 29.8. The van der Waals surface area contributed by atoms with E-state index < -0.39 is 0 Å². The minimum absolute atomic E-state index is 0.892. The van der Waals surface area contributed by atoms with Gasteiger partial charge in [0, 0.05) is 33.3 Å². The van der Waals surface area contributed by atoms with Crippen molar-refractivity contribution in [1.82, 2.24) is 0 Å². The fourth-order valence-corrected chi connectivity index (χ4v) is 8.82. The first kappa shape index (κ1) is 35.2. The summed E-state index contributed by atoms with van der Waals surface area (Å²) in [7, 11) is 0. The standard InChI is InChI=1S/C58H39NO/c1-3-17-42(18-4-1)49-24-9-10-26-53(49)57-50(43-19-5-2-6-20-43)27-15-30-55(57)59(47-36-34-41(35-37-47)45-33-32-40-16-7-8-21-44(40)38-45)48-23-13-22-46(39-48)51-28-14-29-54-52-25-11-12-31-56(52)60-58(51)54/h1-39H. The molecule has 11 aromatic rings. The van der Waals surface area contributed by atoms with E-state index in [2.05, 4.69) is 229 Å². The average Bonchev–Trinajstić information content (AvgIpc) is 3.71. The van der Waals surface area contributed by atoms with E-state index in [9.17, 15) is 0 Å². The molecular formula is C58H39NO. The molecule has 1 aromatic heterocycles. The molecule has 0 atom stereocenters. The van der Waals surface area contributed by atoms with Gasteiger partial charge in [0.05, 0.1) is 5.69 Å². The van der Waals surface area contributed by atoms with Crippen LogP contribution in [0.1, 0.15) is 0 Å². The maximum Gasteiger partial charge on any atom is 0.143 e. The van der Waals surface area contributed by atoms with Gasteiger partial charge in [-0.05, 0) is 97.7 Å². The van der Waals surface area contributed by atoms with Crippen molar-refractivity contribution in [3.05, 3.63) is 237 Å². The van der Waals surface area contributed by atoms with Crippen molar-refractivity contribution in [1.29, 1.82) is 0 Å². The SMILES string of the molecule is c1ccc(-c2ccccc2-c2c(-c3ccccc3)cccc2N(c2ccc(-c3ccc4ccccc4c3)cc2)c2cccc(-c3cccc4c3oc3ccccc34)c2)cc1. The van der Waals surface area contributed by atoms with Crippen LogP contribution in [-0.4, -0.2) is 0 Å². The van der Waals surface area contributed by atoms with E-state index in [0.29, 0.717) is 0 Å². The van der Waals surface area contributed by atoms with Crippen molar-refractivity contribution < 1.29 is 4.42 Å². The predicted octanol–water partition coefficient (Wildman–Crippen LogP) is 16.5. The highest BCUT2D eigenvalue weighted by atomic mass is 16.3. The van der Waals surface area contributed by atoms with E-state index in [1.807, 2.05) is 12.1 Å². The van der Waals surface area contributed by atoms with Crippen molar-refractivity contribution in [3.8, 4) is 55.6 Å². The normalized spacial score (nSPS) is 11.3. The summed E-state index contributed by atoms with van der Waals surface area (Å²) in [5.41, 5.74) is 16.5. The van der Waals surface area contributed by atoms with Gasteiger partial charge in [0.2, 0.25) is 0 Å². The molecule has 0 aliphatic heterocycles. The monoisotopic (exact) mass is 765 g/mol. The Morgan fingerprint density at radius 2 is 0.883 bits per heavy atom. The van der Waals surface area contributed by atoms with Crippen LogP contribution in [0.3, 0.4) is 0 Å². The van der Waals surface area contributed by atoms with Crippen LogP contribution in [0.2, 0.25) is 0 Å². The number of fused-ring (bicyclic) bond motifs is 4. The first-order valence-corrected chi connectivity index (χ1v) is 20.5. The molecule has 0 radical (unpaired) electrons. The molecule has 0 saturated carbocycles. The Balaban J connectivity index is 1.15. The maximum absolute atomic E-state index is 6.57. The molecule has 0 spiro atoms. The third-order valence-electron chi connectivity index (χ3n) is 11.7. The summed E-state index contributed by atoms with van der Waals surface area (Å²) < 4.78 is 6.57. The topological polar surface area (TPSA) is 16.4 Å². The molecule has 2 nitrogen and oxygen atoms in total. The molecule has 0 amide bonds. The number of hydrogen-bond acceptors (Lipinski definition) is 2. The number of hydrogen-bond donors (Lipinski definition) is 0. The molecule has 282 valence electrons. The molecular weight excluding hydrogens is 727 g/mol. The first-order valence-electron chi connectivity index (χ1n) is 20.5. The van der Waals surface area contributed by atoms with Gasteiger partial charge in [-0.25, -0.2) is 0 Å². The molecule has 1 heterocycles. The van der Waals surface area contributed by atoms with Crippen molar-refractivity contribution in [2.24, 2.45) is 0 Å². The van der Waals surface area contributed by atoms with Gasteiger partial charge in [-0.3, -0.25) is 0 Å². The fourth-order valence-electron chi connectivity index (χ4n) is 8.82. The largest absolute Gasteiger partial charge is 0.455 e. The second-order valence-electron chi connectivity index (χ2n) is 15.3. The number of nitrogens with zero attached hydrogens (tertiary/aromatic N) is 1. The highest BCUT2D eigenvalue weighted by Crippen LogP contribution is 2.49. The lowest BCUT2D eigenvalue weighted by molar-refractivity contribution is 0.670. The Kier molecular flexibility index (Phi) is 8.87. The third-order valence-corrected chi connectivity index (χ3v) is 11.7. The quantitative estimate of drug-likeness (QED) is 0.153. The molecule has 0 bridgehead atoms. The highest BCUT2D eigenvalue weighted by Gasteiger charge is 2.23. The maximum atomic E-state index is 6.57. The molecule has 0 saturated heterocycles. The van der Waals surface area contributed by atoms with E-state index in [1.54, 1.807) is 0 Å². The predicted molar refractivity (Wildman–Crippen MR) is 253 cm³/mol. The van der Waals surface area contributed by atoms with Crippen molar-refractivity contribution in [3.63, 3.8) is 0 Å². The zero-order chi connectivity index (χ0) is 39.8. The summed E-state index contributed by atoms with van der Waals surface area (Å²) in [6.45, 7) is 0. The van der Waals surface area contributed by atoms with Crippen LogP contribution in [0, 0.1) is 0 Å². The molecule has 0 unspecified atom stereocenters. The summed E-state index contributed by atoms with van der Waals surface area (Å²) in [4.78, 5) is 2.43. The molecule has 2 heteroatoms. The van der Waals surface area contributed by atoms with Crippen molar-refractivity contribution in [2.75, 3.05) is 4.90 Å². The molecule has 0 fully saturated rings. The zero-order valence-corrected chi connectivity index (χ0v) is 32.9. The summed E-state index contributed by atoms with van der Waals surface area (Å²) in [6.07, 6.45) is 0. The Labute approximate surface area is 349 Å². The zero-order valence-electron chi connectivity index (χ0n) is 32.9. The van der Waals surface area contributed by atoms with E-state index in [0.717, 1.165) is 66.8 Å². The van der Waals surface area contributed by atoms with Crippen LogP contribution in [0.5, 0.6) is 0 Å². The third kappa shape index (κ3) is 6.32. The van der Waals surface area contributed by atoms with Crippen LogP contribution in [0.15, 0.2) is 241 Å². The Morgan fingerprint density at radius 3 is 1.70 bits per heavy atom. The van der Waals surface area contributed by atoms with Gasteiger partial charge in [-0.15, -0.1) is 0 Å². The van der Waals surface area contributed by atoms with Crippen LogP contribution in [-0.2, 0) is 0 Å². The second kappa shape index (κ2) is 15.1.